The molecule has 0 saturated heterocycles. The van der Waals surface area contributed by atoms with E-state index in [9.17, 15) is 0 Å². The summed E-state index contributed by atoms with van der Waals surface area (Å²) >= 11 is 0. The van der Waals surface area contributed by atoms with Gasteiger partial charge < -0.3 is 9.73 Å². The van der Waals surface area contributed by atoms with Crippen molar-refractivity contribution in [2.45, 2.75) is 12.3 Å². The van der Waals surface area contributed by atoms with E-state index in [1.165, 1.54) is 38.4 Å². The Morgan fingerprint density at radius 3 is 1.96 bits per heavy atom. The Bertz CT molecular complexity index is 2750. The van der Waals surface area contributed by atoms with Crippen molar-refractivity contribution in [2.24, 2.45) is 4.99 Å². The molecule has 0 aliphatic carbocycles. The maximum atomic E-state index is 6.62. The first-order chi connectivity index (χ1) is 25.2. The van der Waals surface area contributed by atoms with Gasteiger partial charge in [0.1, 0.15) is 29.3 Å². The molecule has 0 radical (unpaired) electrons. The number of amidine groups is 1. The van der Waals surface area contributed by atoms with Crippen LogP contribution in [0.3, 0.4) is 0 Å². The van der Waals surface area contributed by atoms with Gasteiger partial charge in [-0.15, -0.1) is 0 Å². The highest BCUT2D eigenvalue weighted by atomic mass is 16.3. The van der Waals surface area contributed by atoms with Crippen molar-refractivity contribution in [3.63, 3.8) is 0 Å². The average Bonchev–Trinajstić information content (AvgIpc) is 3.59. The fourth-order valence-electron chi connectivity index (χ4n) is 7.53. The molecule has 0 saturated carbocycles. The van der Waals surface area contributed by atoms with Crippen molar-refractivity contribution >= 4 is 49.3 Å². The van der Waals surface area contributed by atoms with E-state index in [-0.39, 0.29) is 12.3 Å². The number of furan rings is 1. The van der Waals surface area contributed by atoms with Crippen LogP contribution in [-0.4, -0.2) is 5.84 Å². The number of aliphatic imine (C=N–C) groups is 1. The molecule has 0 bridgehead atoms. The lowest BCUT2D eigenvalue weighted by Crippen LogP contribution is -2.44. The van der Waals surface area contributed by atoms with Crippen LogP contribution in [0.1, 0.15) is 29.0 Å². The molecule has 0 spiro atoms. The van der Waals surface area contributed by atoms with Gasteiger partial charge in [0, 0.05) is 21.7 Å². The Labute approximate surface area is 295 Å². The first-order valence-electron chi connectivity index (χ1n) is 17.4. The lowest BCUT2D eigenvalue weighted by atomic mass is 9.93. The number of fused-ring (bicyclic) bond motifs is 6. The van der Waals surface area contributed by atoms with Crippen LogP contribution in [0.4, 0.5) is 0 Å². The van der Waals surface area contributed by atoms with Crippen LogP contribution in [-0.2, 0) is 0 Å². The number of benzene rings is 8. The number of hydrogen-bond donors (Lipinski definition) is 2. The summed E-state index contributed by atoms with van der Waals surface area (Å²) in [4.78, 5) is 5.20. The molecule has 4 heteroatoms. The van der Waals surface area contributed by atoms with Gasteiger partial charge in [-0.2, -0.15) is 0 Å². The summed E-state index contributed by atoms with van der Waals surface area (Å²) in [7, 11) is 0. The molecule has 4 nitrogen and oxygen atoms in total. The molecule has 9 aromatic rings. The zero-order valence-electron chi connectivity index (χ0n) is 27.8. The number of nitrogens with zero attached hydrogens (tertiary/aromatic N) is 1. The normalized spacial score (nSPS) is 16.0. The van der Waals surface area contributed by atoms with E-state index in [1.807, 2.05) is 12.1 Å². The van der Waals surface area contributed by atoms with Gasteiger partial charge in [0.2, 0.25) is 0 Å². The number of rotatable bonds is 5. The molecule has 0 fully saturated rings. The van der Waals surface area contributed by atoms with Gasteiger partial charge in [-0.05, 0) is 73.8 Å². The molecule has 242 valence electrons. The topological polar surface area (TPSA) is 49.6 Å². The predicted molar refractivity (Wildman–Crippen MR) is 211 cm³/mol. The Kier molecular flexibility index (Phi) is 7.00. The maximum absolute atomic E-state index is 6.62. The monoisotopic (exact) mass is 655 g/mol. The summed E-state index contributed by atoms with van der Waals surface area (Å²) in [6.45, 7) is 0. The van der Waals surface area contributed by atoms with Crippen LogP contribution in [0.5, 0.6) is 0 Å². The molecular formula is C47H33N3O. The van der Waals surface area contributed by atoms with E-state index >= 15 is 0 Å². The molecule has 2 atom stereocenters. The van der Waals surface area contributed by atoms with Crippen LogP contribution < -0.4 is 10.6 Å². The second-order valence-electron chi connectivity index (χ2n) is 13.2. The third-order valence-electron chi connectivity index (χ3n) is 10.1. The van der Waals surface area contributed by atoms with Crippen molar-refractivity contribution in [2.75, 3.05) is 0 Å². The van der Waals surface area contributed by atoms with Crippen LogP contribution in [0.25, 0.3) is 65.7 Å². The lowest BCUT2D eigenvalue weighted by molar-refractivity contribution is 0.409. The van der Waals surface area contributed by atoms with Crippen LogP contribution >= 0.6 is 0 Å². The zero-order chi connectivity index (χ0) is 33.7. The number of hydrogen-bond acceptors (Lipinski definition) is 4. The molecule has 1 aromatic heterocycles. The van der Waals surface area contributed by atoms with Crippen molar-refractivity contribution in [3.05, 3.63) is 193 Å². The second-order valence-corrected chi connectivity index (χ2v) is 13.2. The third kappa shape index (κ3) is 5.25. The Balaban J connectivity index is 1.08. The standard InChI is InChI=1S/C47H33N3O/c1-3-12-33(13-4-1)45-48-46(34-14-5-2-6-15-34)50-47(49-45)37-25-26-43-41(28-37)42-29-40(38-17-9-10-18-39(38)44(42)51-43)32-22-19-31(20-23-32)36-24-21-30-11-7-8-16-35(30)27-36/h1-29,45,47,49H,(H,48,50). The smallest absolute Gasteiger partial charge is 0.143 e. The van der Waals surface area contributed by atoms with Gasteiger partial charge in [0.15, 0.2) is 0 Å². The minimum Gasteiger partial charge on any atom is -0.455 e. The average molecular weight is 656 g/mol. The molecular weight excluding hydrogens is 623 g/mol. The Hall–Kier alpha value is -6.49. The molecule has 8 aromatic carbocycles. The summed E-state index contributed by atoms with van der Waals surface area (Å²) in [5.74, 6) is 0.866. The largest absolute Gasteiger partial charge is 0.455 e. The predicted octanol–water partition coefficient (Wildman–Crippen LogP) is 11.6. The maximum Gasteiger partial charge on any atom is 0.143 e. The summed E-state index contributed by atoms with van der Waals surface area (Å²) in [6, 6.07) is 62.3. The molecule has 10 rings (SSSR count). The molecule has 1 aliphatic rings. The van der Waals surface area contributed by atoms with Crippen LogP contribution in [0, 0.1) is 0 Å². The molecule has 0 amide bonds. The second kappa shape index (κ2) is 12.1. The van der Waals surface area contributed by atoms with Gasteiger partial charge in [0.25, 0.3) is 0 Å². The fraction of sp³-hybridized carbons (Fsp3) is 0.0426. The molecule has 2 unspecified atom stereocenters. The SMILES string of the molecule is c1ccc(C2=NC(c3ccc4oc5c6ccccc6c(-c6ccc(-c7ccc8ccccc8c7)cc6)cc5c4c3)NC(c3ccccc3)N2)cc1. The number of nitrogens with one attached hydrogen (secondary N) is 2. The van der Waals surface area contributed by atoms with Crippen molar-refractivity contribution in [1.29, 1.82) is 0 Å². The highest BCUT2D eigenvalue weighted by Gasteiger charge is 2.26. The summed E-state index contributed by atoms with van der Waals surface area (Å²) in [6.07, 6.45) is -0.364. The van der Waals surface area contributed by atoms with Crippen molar-refractivity contribution in [3.8, 4) is 22.3 Å². The minimum absolute atomic E-state index is 0.103. The molecule has 1 aliphatic heterocycles. The Morgan fingerprint density at radius 2 is 1.14 bits per heavy atom. The van der Waals surface area contributed by atoms with Gasteiger partial charge in [-0.25, -0.2) is 4.99 Å². The quantitative estimate of drug-likeness (QED) is 0.194. The molecule has 2 N–H and O–H groups in total. The fourth-order valence-corrected chi connectivity index (χ4v) is 7.53. The first-order valence-corrected chi connectivity index (χ1v) is 17.4. The highest BCUT2D eigenvalue weighted by Crippen LogP contribution is 2.41. The summed E-state index contributed by atoms with van der Waals surface area (Å²) in [5.41, 5.74) is 9.84. The van der Waals surface area contributed by atoms with E-state index in [2.05, 4.69) is 174 Å². The van der Waals surface area contributed by atoms with E-state index < -0.39 is 0 Å². The van der Waals surface area contributed by atoms with Crippen LogP contribution in [0.15, 0.2) is 185 Å². The van der Waals surface area contributed by atoms with Crippen LogP contribution in [0.2, 0.25) is 0 Å². The van der Waals surface area contributed by atoms with E-state index in [4.69, 9.17) is 9.41 Å². The molecule has 51 heavy (non-hydrogen) atoms. The van der Waals surface area contributed by atoms with Gasteiger partial charge in [-0.3, -0.25) is 5.32 Å². The van der Waals surface area contributed by atoms with Crippen molar-refractivity contribution < 1.29 is 4.42 Å². The summed E-state index contributed by atoms with van der Waals surface area (Å²) in [5, 5.41) is 14.3. The van der Waals surface area contributed by atoms with E-state index in [0.29, 0.717) is 0 Å². The first kappa shape index (κ1) is 29.4. The van der Waals surface area contributed by atoms with Gasteiger partial charge in [-0.1, -0.05) is 152 Å². The molecule has 2 heterocycles. The van der Waals surface area contributed by atoms with E-state index in [1.54, 1.807) is 0 Å². The minimum atomic E-state index is -0.261. The zero-order valence-corrected chi connectivity index (χ0v) is 27.8. The third-order valence-corrected chi connectivity index (χ3v) is 10.1. The van der Waals surface area contributed by atoms with Gasteiger partial charge in [0.05, 0.1) is 0 Å². The Morgan fingerprint density at radius 1 is 0.451 bits per heavy atom. The van der Waals surface area contributed by atoms with E-state index in [0.717, 1.165) is 49.9 Å². The lowest BCUT2D eigenvalue weighted by Gasteiger charge is -2.32. The van der Waals surface area contributed by atoms with Crippen molar-refractivity contribution in [1.82, 2.24) is 10.6 Å². The van der Waals surface area contributed by atoms with Gasteiger partial charge >= 0.3 is 0 Å². The summed E-state index contributed by atoms with van der Waals surface area (Å²) < 4.78 is 6.62. The highest BCUT2D eigenvalue weighted by molar-refractivity contribution is 6.19.